The van der Waals surface area contributed by atoms with E-state index in [1.54, 1.807) is 0 Å². The molecule has 2 aromatic rings. The molecule has 0 atom stereocenters. The molecule has 0 radical (unpaired) electrons. The number of aromatic amines is 1. The van der Waals surface area contributed by atoms with Gasteiger partial charge in [-0.25, -0.2) is 4.68 Å². The largest absolute Gasteiger partial charge is 0.436 e. The first-order valence-corrected chi connectivity index (χ1v) is 6.03. The summed E-state index contributed by atoms with van der Waals surface area (Å²) in [5, 5.41) is 8.36. The number of hydrogen-bond acceptors (Lipinski definition) is 3. The molecule has 0 aliphatic heterocycles. The third-order valence-electron chi connectivity index (χ3n) is 2.01. The number of nitrogens with one attached hydrogen (secondary N) is 1. The van der Waals surface area contributed by atoms with E-state index in [4.69, 9.17) is 23.2 Å². The van der Waals surface area contributed by atoms with Crippen molar-refractivity contribution >= 4 is 39.1 Å². The van der Waals surface area contributed by atoms with Crippen molar-refractivity contribution in [2.24, 2.45) is 0 Å². The molecule has 2 heterocycles. The minimum Gasteiger partial charge on any atom is -0.284 e. The van der Waals surface area contributed by atoms with Crippen LogP contribution in [0.3, 0.4) is 0 Å². The highest BCUT2D eigenvalue weighted by molar-refractivity contribution is 9.10. The minimum atomic E-state index is -4.66. The maximum atomic E-state index is 12.6. The van der Waals surface area contributed by atoms with Crippen molar-refractivity contribution < 1.29 is 13.2 Å². The molecule has 0 bridgehead atoms. The Kier molecular flexibility index (Phi) is 3.63. The normalized spacial score (nSPS) is 11.9. The lowest BCUT2D eigenvalue weighted by Crippen LogP contribution is -2.17. The number of halogens is 6. The van der Waals surface area contributed by atoms with E-state index >= 15 is 0 Å². The van der Waals surface area contributed by atoms with Crippen LogP contribution in [0.1, 0.15) is 5.69 Å². The Bertz CT molecular complexity index is 696. The molecule has 0 aromatic carbocycles. The highest BCUT2D eigenvalue weighted by atomic mass is 79.9. The monoisotopic (exact) mass is 376 g/mol. The summed E-state index contributed by atoms with van der Waals surface area (Å²) in [4.78, 5) is 11.7. The quantitative estimate of drug-likeness (QED) is 0.830. The number of aromatic nitrogens is 4. The van der Waals surface area contributed by atoms with Crippen LogP contribution >= 0.6 is 39.1 Å². The van der Waals surface area contributed by atoms with Crippen molar-refractivity contribution in [2.45, 2.75) is 6.18 Å². The standard InChI is InChI=1S/C8H2BrCl2F3N4O/c9-2-1-18(17-5(2)8(12,13)14)7-4(19)3(10)6(11)15-16-7/h1H,(H,15,19). The zero-order valence-electron chi connectivity index (χ0n) is 8.60. The summed E-state index contributed by atoms with van der Waals surface area (Å²) in [5.41, 5.74) is -2.02. The Morgan fingerprint density at radius 2 is 2.00 bits per heavy atom. The van der Waals surface area contributed by atoms with E-state index in [0.29, 0.717) is 4.68 Å². The van der Waals surface area contributed by atoms with Gasteiger partial charge in [0.25, 0.3) is 0 Å². The third-order valence-corrected chi connectivity index (χ3v) is 3.32. The first kappa shape index (κ1) is 14.4. The fourth-order valence-electron chi connectivity index (χ4n) is 1.21. The van der Waals surface area contributed by atoms with Crippen molar-refractivity contribution in [1.29, 1.82) is 0 Å². The van der Waals surface area contributed by atoms with Crippen LogP contribution in [0.5, 0.6) is 0 Å². The Labute approximate surface area is 121 Å². The number of rotatable bonds is 1. The molecule has 0 saturated heterocycles. The molecular formula is C8H2BrCl2F3N4O. The third kappa shape index (κ3) is 2.63. The second kappa shape index (κ2) is 4.80. The number of nitrogens with zero attached hydrogens (tertiary/aromatic N) is 3. The fourth-order valence-corrected chi connectivity index (χ4v) is 1.96. The summed E-state index contributed by atoms with van der Waals surface area (Å²) in [7, 11) is 0. The molecule has 2 aromatic heterocycles. The first-order valence-electron chi connectivity index (χ1n) is 4.48. The molecule has 0 aliphatic carbocycles. The van der Waals surface area contributed by atoms with Crippen LogP contribution in [0.15, 0.2) is 15.5 Å². The lowest BCUT2D eigenvalue weighted by atomic mass is 10.4. The average molecular weight is 378 g/mol. The molecule has 5 nitrogen and oxygen atoms in total. The van der Waals surface area contributed by atoms with Gasteiger partial charge in [0.15, 0.2) is 5.69 Å². The van der Waals surface area contributed by atoms with Crippen molar-refractivity contribution in [3.63, 3.8) is 0 Å². The van der Waals surface area contributed by atoms with Gasteiger partial charge in [0.05, 0.1) is 4.47 Å². The van der Waals surface area contributed by atoms with E-state index in [2.05, 4.69) is 31.2 Å². The van der Waals surface area contributed by atoms with Gasteiger partial charge in [-0.05, 0) is 15.9 Å². The van der Waals surface area contributed by atoms with E-state index in [1.165, 1.54) is 0 Å². The zero-order valence-corrected chi connectivity index (χ0v) is 11.7. The predicted octanol–water partition coefficient (Wildman–Crippen LogP) is 3.04. The molecule has 0 amide bonds. The van der Waals surface area contributed by atoms with Crippen LogP contribution in [0, 0.1) is 0 Å². The number of alkyl halides is 3. The topological polar surface area (TPSA) is 63.6 Å². The van der Waals surface area contributed by atoms with E-state index in [0.717, 1.165) is 6.20 Å². The minimum absolute atomic E-state index is 0.210. The van der Waals surface area contributed by atoms with Crippen LogP contribution in [0.25, 0.3) is 5.82 Å². The molecule has 0 saturated carbocycles. The summed E-state index contributed by atoms with van der Waals surface area (Å²) in [6, 6.07) is 0. The Balaban J connectivity index is 2.62. The highest BCUT2D eigenvalue weighted by Crippen LogP contribution is 2.33. The van der Waals surface area contributed by atoms with E-state index in [9.17, 15) is 18.0 Å². The summed E-state index contributed by atoms with van der Waals surface area (Å²) in [5.74, 6) is -0.425. The SMILES string of the molecule is O=c1c(-n2cc(Br)c(C(F)(F)F)n2)n[nH]c(Cl)c1Cl. The summed E-state index contributed by atoms with van der Waals surface area (Å²) < 4.78 is 38.0. The smallest absolute Gasteiger partial charge is 0.284 e. The van der Waals surface area contributed by atoms with Gasteiger partial charge < -0.3 is 0 Å². The maximum absolute atomic E-state index is 12.6. The predicted molar refractivity (Wildman–Crippen MR) is 64.7 cm³/mol. The van der Waals surface area contributed by atoms with Gasteiger partial charge in [-0.15, -0.1) is 0 Å². The Morgan fingerprint density at radius 1 is 1.37 bits per heavy atom. The van der Waals surface area contributed by atoms with Crippen molar-refractivity contribution in [1.82, 2.24) is 20.0 Å². The lowest BCUT2D eigenvalue weighted by Gasteiger charge is -2.02. The van der Waals surface area contributed by atoms with Crippen LogP contribution in [0.4, 0.5) is 13.2 Å². The van der Waals surface area contributed by atoms with Crippen molar-refractivity contribution in [3.05, 3.63) is 36.8 Å². The summed E-state index contributed by atoms with van der Waals surface area (Å²) >= 11 is 13.8. The lowest BCUT2D eigenvalue weighted by molar-refractivity contribution is -0.141. The van der Waals surface area contributed by atoms with Gasteiger partial charge in [0, 0.05) is 6.20 Å². The van der Waals surface area contributed by atoms with Gasteiger partial charge in [-0.3, -0.25) is 9.89 Å². The molecular weight excluding hydrogens is 376 g/mol. The van der Waals surface area contributed by atoms with Gasteiger partial charge in [-0.2, -0.15) is 23.4 Å². The molecule has 19 heavy (non-hydrogen) atoms. The second-order valence-electron chi connectivity index (χ2n) is 3.27. The van der Waals surface area contributed by atoms with Gasteiger partial charge in [-0.1, -0.05) is 23.2 Å². The molecule has 2 rings (SSSR count). The molecule has 0 aliphatic rings. The molecule has 1 N–H and O–H groups in total. The zero-order chi connectivity index (χ0) is 14.4. The maximum Gasteiger partial charge on any atom is 0.436 e. The van der Waals surface area contributed by atoms with Crippen LogP contribution in [0.2, 0.25) is 10.2 Å². The van der Waals surface area contributed by atoms with Crippen LogP contribution in [-0.4, -0.2) is 20.0 Å². The molecule has 102 valence electrons. The van der Waals surface area contributed by atoms with Gasteiger partial charge >= 0.3 is 6.18 Å². The first-order chi connectivity index (χ1) is 8.71. The highest BCUT2D eigenvalue weighted by Gasteiger charge is 2.37. The Morgan fingerprint density at radius 3 is 2.53 bits per heavy atom. The van der Waals surface area contributed by atoms with Gasteiger partial charge in [0.2, 0.25) is 11.2 Å². The number of hydrogen-bond donors (Lipinski definition) is 1. The molecule has 0 spiro atoms. The summed E-state index contributed by atoms with van der Waals surface area (Å²) in [6.45, 7) is 0. The Hall–Kier alpha value is -1.06. The fraction of sp³-hybridized carbons (Fsp3) is 0.125. The van der Waals surface area contributed by atoms with E-state index < -0.39 is 23.1 Å². The second-order valence-corrected chi connectivity index (χ2v) is 4.88. The molecule has 0 fully saturated rings. The van der Waals surface area contributed by atoms with Crippen molar-refractivity contribution in [2.75, 3.05) is 0 Å². The number of H-pyrrole nitrogens is 1. The van der Waals surface area contributed by atoms with E-state index in [1.807, 2.05) is 0 Å². The van der Waals surface area contributed by atoms with Crippen LogP contribution in [-0.2, 0) is 6.18 Å². The molecule has 0 unspecified atom stereocenters. The average Bonchev–Trinajstić information content (AvgIpc) is 2.68. The van der Waals surface area contributed by atoms with Crippen LogP contribution < -0.4 is 5.43 Å². The summed E-state index contributed by atoms with van der Waals surface area (Å²) in [6.07, 6.45) is -3.71. The molecule has 11 heteroatoms. The van der Waals surface area contributed by atoms with Crippen molar-refractivity contribution in [3.8, 4) is 5.82 Å². The van der Waals surface area contributed by atoms with Gasteiger partial charge in [0.1, 0.15) is 10.2 Å². The van der Waals surface area contributed by atoms with E-state index in [-0.39, 0.29) is 14.6 Å².